The molecule has 1 aliphatic heterocycles. The minimum absolute atomic E-state index is 0.670. The number of aromatic nitrogens is 2. The monoisotopic (exact) mass is 221 g/mol. The van der Waals surface area contributed by atoms with E-state index >= 15 is 0 Å². The van der Waals surface area contributed by atoms with Crippen LogP contribution in [0.25, 0.3) is 0 Å². The molecule has 1 fully saturated rings. The Kier molecular flexibility index (Phi) is 3.99. The van der Waals surface area contributed by atoms with E-state index in [1.54, 1.807) is 0 Å². The van der Waals surface area contributed by atoms with Crippen molar-refractivity contribution in [2.75, 3.05) is 13.1 Å². The third-order valence-electron chi connectivity index (χ3n) is 3.14. The summed E-state index contributed by atoms with van der Waals surface area (Å²) in [7, 11) is 0. The van der Waals surface area contributed by atoms with Crippen molar-refractivity contribution in [1.82, 2.24) is 15.1 Å². The summed E-state index contributed by atoms with van der Waals surface area (Å²) in [6.07, 6.45) is 5.92. The van der Waals surface area contributed by atoms with Crippen molar-refractivity contribution in [3.63, 3.8) is 0 Å². The van der Waals surface area contributed by atoms with Crippen LogP contribution in [0.5, 0.6) is 0 Å². The number of rotatable bonds is 4. The zero-order chi connectivity index (χ0) is 11.4. The van der Waals surface area contributed by atoms with Crippen LogP contribution in [-0.4, -0.2) is 22.9 Å². The van der Waals surface area contributed by atoms with Gasteiger partial charge in [0.15, 0.2) is 0 Å². The van der Waals surface area contributed by atoms with Gasteiger partial charge in [0.2, 0.25) is 0 Å². The zero-order valence-electron chi connectivity index (χ0n) is 10.4. The molecule has 0 bridgehead atoms. The van der Waals surface area contributed by atoms with E-state index in [1.807, 2.05) is 0 Å². The number of hydrogen-bond donors (Lipinski definition) is 1. The number of hydrogen-bond acceptors (Lipinski definition) is 2. The van der Waals surface area contributed by atoms with Crippen LogP contribution >= 0.6 is 0 Å². The third kappa shape index (κ3) is 3.34. The lowest BCUT2D eigenvalue weighted by molar-refractivity contribution is 0.371. The minimum Gasteiger partial charge on any atom is -0.316 e. The maximum absolute atomic E-state index is 4.63. The second kappa shape index (κ2) is 5.48. The summed E-state index contributed by atoms with van der Waals surface area (Å²) in [6.45, 7) is 7.84. The number of nitrogens with one attached hydrogen (secondary N) is 1. The second-order valence-corrected chi connectivity index (χ2v) is 5.34. The van der Waals surface area contributed by atoms with Gasteiger partial charge in [0, 0.05) is 12.7 Å². The molecule has 1 aromatic heterocycles. The molecule has 90 valence electrons. The van der Waals surface area contributed by atoms with E-state index in [1.165, 1.54) is 25.1 Å². The Hall–Kier alpha value is -0.830. The highest BCUT2D eigenvalue weighted by Gasteiger charge is 2.14. The smallest absolute Gasteiger partial charge is 0.0627 e. The molecule has 2 rings (SSSR count). The Morgan fingerprint density at radius 3 is 3.12 bits per heavy atom. The first-order chi connectivity index (χ1) is 7.74. The molecule has 16 heavy (non-hydrogen) atoms. The van der Waals surface area contributed by atoms with Gasteiger partial charge in [0.25, 0.3) is 0 Å². The average Bonchev–Trinajstić information content (AvgIpc) is 2.66. The fraction of sp³-hybridized carbons (Fsp3) is 0.769. The molecule has 2 heterocycles. The van der Waals surface area contributed by atoms with E-state index < -0.39 is 0 Å². The van der Waals surface area contributed by atoms with Crippen molar-refractivity contribution in [3.8, 4) is 0 Å². The average molecular weight is 221 g/mol. The third-order valence-corrected chi connectivity index (χ3v) is 3.14. The van der Waals surface area contributed by atoms with Gasteiger partial charge < -0.3 is 5.32 Å². The quantitative estimate of drug-likeness (QED) is 0.843. The van der Waals surface area contributed by atoms with Crippen LogP contribution < -0.4 is 5.32 Å². The highest BCUT2D eigenvalue weighted by Crippen LogP contribution is 2.15. The standard InChI is InChI=1S/C13H23N3/c1-11(2)10-16-7-5-13(15-16)8-12-4-3-6-14-9-12/h5,7,11-12,14H,3-4,6,8-10H2,1-2H3. The van der Waals surface area contributed by atoms with E-state index in [2.05, 4.69) is 41.2 Å². The largest absolute Gasteiger partial charge is 0.316 e. The van der Waals surface area contributed by atoms with Gasteiger partial charge in [-0.15, -0.1) is 0 Å². The summed E-state index contributed by atoms with van der Waals surface area (Å²) in [5, 5.41) is 8.09. The molecule has 0 radical (unpaired) electrons. The Labute approximate surface area is 98.2 Å². The van der Waals surface area contributed by atoms with Gasteiger partial charge in [-0.2, -0.15) is 5.10 Å². The molecule has 1 aromatic rings. The van der Waals surface area contributed by atoms with E-state index in [9.17, 15) is 0 Å². The molecule has 1 unspecified atom stereocenters. The van der Waals surface area contributed by atoms with Crippen LogP contribution in [0.15, 0.2) is 12.3 Å². The molecule has 1 saturated heterocycles. The Bertz CT molecular complexity index is 311. The van der Waals surface area contributed by atoms with Crippen molar-refractivity contribution in [2.24, 2.45) is 11.8 Å². The Balaban J connectivity index is 1.86. The van der Waals surface area contributed by atoms with Crippen molar-refractivity contribution in [2.45, 2.75) is 39.7 Å². The summed E-state index contributed by atoms with van der Waals surface area (Å²) in [5.74, 6) is 1.46. The SMILES string of the molecule is CC(C)Cn1ccc(CC2CCCNC2)n1. The Morgan fingerprint density at radius 2 is 2.44 bits per heavy atom. The molecule has 3 nitrogen and oxygen atoms in total. The van der Waals surface area contributed by atoms with E-state index in [4.69, 9.17) is 0 Å². The molecule has 0 aliphatic carbocycles. The summed E-state index contributed by atoms with van der Waals surface area (Å²) in [6, 6.07) is 2.18. The van der Waals surface area contributed by atoms with Crippen molar-refractivity contribution in [1.29, 1.82) is 0 Å². The zero-order valence-corrected chi connectivity index (χ0v) is 10.4. The molecule has 1 atom stereocenters. The van der Waals surface area contributed by atoms with Crippen LogP contribution in [-0.2, 0) is 13.0 Å². The van der Waals surface area contributed by atoms with Crippen LogP contribution in [0.3, 0.4) is 0 Å². The molecular weight excluding hydrogens is 198 g/mol. The van der Waals surface area contributed by atoms with Gasteiger partial charge in [-0.05, 0) is 50.3 Å². The van der Waals surface area contributed by atoms with E-state index in [0.717, 1.165) is 25.4 Å². The van der Waals surface area contributed by atoms with Gasteiger partial charge >= 0.3 is 0 Å². The van der Waals surface area contributed by atoms with Crippen LogP contribution in [0.2, 0.25) is 0 Å². The molecule has 0 saturated carbocycles. The van der Waals surface area contributed by atoms with Gasteiger partial charge in [0.05, 0.1) is 5.69 Å². The summed E-state index contributed by atoms with van der Waals surface area (Å²) >= 11 is 0. The van der Waals surface area contributed by atoms with Crippen LogP contribution in [0.4, 0.5) is 0 Å². The van der Waals surface area contributed by atoms with Crippen molar-refractivity contribution >= 4 is 0 Å². The lowest BCUT2D eigenvalue weighted by Crippen LogP contribution is -2.30. The maximum Gasteiger partial charge on any atom is 0.0627 e. The maximum atomic E-state index is 4.63. The highest BCUT2D eigenvalue weighted by molar-refractivity contribution is 5.01. The summed E-state index contributed by atoms with van der Waals surface area (Å²) in [5.41, 5.74) is 1.26. The number of piperidine rings is 1. The molecule has 0 aromatic carbocycles. The van der Waals surface area contributed by atoms with Gasteiger partial charge in [-0.1, -0.05) is 13.8 Å². The number of nitrogens with zero attached hydrogens (tertiary/aromatic N) is 2. The topological polar surface area (TPSA) is 29.9 Å². The van der Waals surface area contributed by atoms with E-state index in [-0.39, 0.29) is 0 Å². The fourth-order valence-electron chi connectivity index (χ4n) is 2.38. The highest BCUT2D eigenvalue weighted by atomic mass is 15.3. The first-order valence-electron chi connectivity index (χ1n) is 6.47. The molecule has 0 amide bonds. The first kappa shape index (κ1) is 11.6. The van der Waals surface area contributed by atoms with Crippen LogP contribution in [0.1, 0.15) is 32.4 Å². The van der Waals surface area contributed by atoms with Gasteiger partial charge in [0.1, 0.15) is 0 Å². The van der Waals surface area contributed by atoms with Crippen molar-refractivity contribution in [3.05, 3.63) is 18.0 Å². The Morgan fingerprint density at radius 1 is 1.56 bits per heavy atom. The summed E-state index contributed by atoms with van der Waals surface area (Å²) < 4.78 is 2.08. The predicted octanol–water partition coefficient (Wildman–Crippen LogP) is 2.08. The summed E-state index contributed by atoms with van der Waals surface area (Å²) in [4.78, 5) is 0. The van der Waals surface area contributed by atoms with Crippen LogP contribution in [0, 0.1) is 11.8 Å². The molecule has 1 N–H and O–H groups in total. The molecule has 3 heteroatoms. The minimum atomic E-state index is 0.670. The van der Waals surface area contributed by atoms with Crippen molar-refractivity contribution < 1.29 is 0 Å². The lowest BCUT2D eigenvalue weighted by atomic mass is 9.95. The predicted molar refractivity (Wildman–Crippen MR) is 66.4 cm³/mol. The molecule has 1 aliphatic rings. The van der Waals surface area contributed by atoms with Gasteiger partial charge in [-0.25, -0.2) is 0 Å². The first-order valence-corrected chi connectivity index (χ1v) is 6.47. The lowest BCUT2D eigenvalue weighted by Gasteiger charge is -2.21. The van der Waals surface area contributed by atoms with E-state index in [0.29, 0.717) is 5.92 Å². The molecule has 0 spiro atoms. The molecular formula is C13H23N3. The second-order valence-electron chi connectivity index (χ2n) is 5.34. The fourth-order valence-corrected chi connectivity index (χ4v) is 2.38. The normalized spacial score (nSPS) is 21.6. The van der Waals surface area contributed by atoms with Gasteiger partial charge in [-0.3, -0.25) is 4.68 Å².